The maximum Gasteiger partial charge on any atom is 0.221 e. The second kappa shape index (κ2) is 4.12. The van der Waals surface area contributed by atoms with Gasteiger partial charge in [-0.2, -0.15) is 0 Å². The summed E-state index contributed by atoms with van der Waals surface area (Å²) in [6, 6.07) is 6.73. The van der Waals surface area contributed by atoms with E-state index in [1.54, 1.807) is 24.3 Å². The third kappa shape index (κ3) is 2.93. The Labute approximate surface area is 75.8 Å². The molecule has 0 radical (unpaired) electrons. The molecule has 3 heteroatoms. The normalized spacial score (nSPS) is 9.75. The molecule has 0 unspecified atom stereocenters. The van der Waals surface area contributed by atoms with Gasteiger partial charge in [-0.15, -0.1) is 0 Å². The summed E-state index contributed by atoms with van der Waals surface area (Å²) in [6.07, 6.45) is 0.967. The van der Waals surface area contributed by atoms with Crippen LogP contribution in [0.3, 0.4) is 0 Å². The van der Waals surface area contributed by atoms with Crippen molar-refractivity contribution in [2.75, 3.05) is 0 Å². The molecular formula is C9H9ClO2. The summed E-state index contributed by atoms with van der Waals surface area (Å²) in [5.41, 5.74) is 1.00. The molecule has 1 rings (SSSR count). The fourth-order valence-electron chi connectivity index (χ4n) is 0.905. The van der Waals surface area contributed by atoms with Gasteiger partial charge in [-0.05, 0) is 35.7 Å². The van der Waals surface area contributed by atoms with Crippen molar-refractivity contribution in [3.8, 4) is 5.75 Å². The van der Waals surface area contributed by atoms with Crippen molar-refractivity contribution in [3.63, 3.8) is 0 Å². The van der Waals surface area contributed by atoms with E-state index in [0.717, 1.165) is 5.56 Å². The van der Waals surface area contributed by atoms with Gasteiger partial charge in [0.25, 0.3) is 0 Å². The van der Waals surface area contributed by atoms with Gasteiger partial charge in [-0.3, -0.25) is 4.79 Å². The zero-order valence-corrected chi connectivity index (χ0v) is 7.21. The van der Waals surface area contributed by atoms with Crippen molar-refractivity contribution in [2.45, 2.75) is 12.8 Å². The summed E-state index contributed by atoms with van der Waals surface area (Å²) in [7, 11) is 0. The van der Waals surface area contributed by atoms with Gasteiger partial charge in [-0.1, -0.05) is 12.1 Å². The van der Waals surface area contributed by atoms with Crippen LogP contribution >= 0.6 is 11.6 Å². The molecule has 64 valence electrons. The molecule has 12 heavy (non-hydrogen) atoms. The predicted octanol–water partition coefficient (Wildman–Crippen LogP) is 2.09. The molecule has 0 saturated heterocycles. The molecular weight excluding hydrogens is 176 g/mol. The Balaban J connectivity index is 2.53. The predicted molar refractivity (Wildman–Crippen MR) is 47.3 cm³/mol. The van der Waals surface area contributed by atoms with E-state index in [0.29, 0.717) is 12.8 Å². The van der Waals surface area contributed by atoms with E-state index in [9.17, 15) is 4.79 Å². The van der Waals surface area contributed by atoms with Crippen LogP contribution in [0.1, 0.15) is 12.0 Å². The second-order valence-electron chi connectivity index (χ2n) is 2.52. The number of aromatic hydroxyl groups is 1. The van der Waals surface area contributed by atoms with E-state index in [2.05, 4.69) is 0 Å². The van der Waals surface area contributed by atoms with Crippen molar-refractivity contribution in [1.29, 1.82) is 0 Å². The number of phenols is 1. The van der Waals surface area contributed by atoms with E-state index in [4.69, 9.17) is 16.7 Å². The first kappa shape index (κ1) is 9.07. The minimum absolute atomic E-state index is 0.232. The molecule has 0 heterocycles. The summed E-state index contributed by atoms with van der Waals surface area (Å²) < 4.78 is 0. The zero-order valence-electron chi connectivity index (χ0n) is 6.46. The fraction of sp³-hybridized carbons (Fsp3) is 0.222. The topological polar surface area (TPSA) is 37.3 Å². The highest BCUT2D eigenvalue weighted by Gasteiger charge is 1.97. The van der Waals surface area contributed by atoms with Crippen LogP contribution in [0, 0.1) is 0 Å². The molecule has 1 aromatic carbocycles. The van der Waals surface area contributed by atoms with Crippen LogP contribution in [0.2, 0.25) is 0 Å². The van der Waals surface area contributed by atoms with Gasteiger partial charge in [0.1, 0.15) is 5.75 Å². The fourth-order valence-corrected chi connectivity index (χ4v) is 1.000. The Morgan fingerprint density at radius 2 is 1.92 bits per heavy atom. The smallest absolute Gasteiger partial charge is 0.221 e. The standard InChI is InChI=1S/C9H9ClO2/c10-9(12)6-3-7-1-4-8(11)5-2-7/h1-2,4-5,11H,3,6H2. The maximum atomic E-state index is 10.4. The lowest BCUT2D eigenvalue weighted by Crippen LogP contribution is -1.90. The number of phenolic OH excluding ortho intramolecular Hbond substituents is 1. The van der Waals surface area contributed by atoms with Crippen LogP contribution in [-0.4, -0.2) is 10.3 Å². The summed E-state index contributed by atoms with van der Waals surface area (Å²) in [5.74, 6) is 0.232. The van der Waals surface area contributed by atoms with Crippen molar-refractivity contribution in [3.05, 3.63) is 29.8 Å². The summed E-state index contributed by atoms with van der Waals surface area (Å²) >= 11 is 5.17. The summed E-state index contributed by atoms with van der Waals surface area (Å²) in [6.45, 7) is 0. The lowest BCUT2D eigenvalue weighted by Gasteiger charge is -1.97. The largest absolute Gasteiger partial charge is 0.508 e. The van der Waals surface area contributed by atoms with Crippen LogP contribution in [0.4, 0.5) is 0 Å². The first-order valence-corrected chi connectivity index (χ1v) is 4.02. The lowest BCUT2D eigenvalue weighted by molar-refractivity contribution is -0.111. The molecule has 0 aliphatic rings. The Hall–Kier alpha value is -1.02. The number of hydrogen-bond donors (Lipinski definition) is 1. The van der Waals surface area contributed by atoms with Gasteiger partial charge in [0.2, 0.25) is 5.24 Å². The first-order valence-electron chi connectivity index (χ1n) is 3.65. The highest BCUT2D eigenvalue weighted by atomic mass is 35.5. The number of rotatable bonds is 3. The minimum Gasteiger partial charge on any atom is -0.508 e. The van der Waals surface area contributed by atoms with Crippen molar-refractivity contribution in [1.82, 2.24) is 0 Å². The van der Waals surface area contributed by atoms with Gasteiger partial charge in [-0.25, -0.2) is 0 Å². The van der Waals surface area contributed by atoms with Crippen LogP contribution in [0.15, 0.2) is 24.3 Å². The van der Waals surface area contributed by atoms with Crippen LogP contribution in [0.25, 0.3) is 0 Å². The molecule has 0 fully saturated rings. The van der Waals surface area contributed by atoms with Crippen molar-refractivity contribution < 1.29 is 9.90 Å². The number of benzene rings is 1. The molecule has 0 amide bonds. The van der Waals surface area contributed by atoms with Crippen molar-refractivity contribution >= 4 is 16.8 Å². The SMILES string of the molecule is O=C(Cl)CCc1ccc(O)cc1. The molecule has 0 atom stereocenters. The molecule has 0 aliphatic carbocycles. The number of halogens is 1. The highest BCUT2D eigenvalue weighted by molar-refractivity contribution is 6.63. The molecule has 0 saturated carbocycles. The Kier molecular flexibility index (Phi) is 3.11. The Morgan fingerprint density at radius 1 is 1.33 bits per heavy atom. The molecule has 0 aliphatic heterocycles. The third-order valence-corrected chi connectivity index (χ3v) is 1.74. The second-order valence-corrected chi connectivity index (χ2v) is 2.94. The van der Waals surface area contributed by atoms with E-state index in [-0.39, 0.29) is 11.0 Å². The van der Waals surface area contributed by atoms with Gasteiger partial charge in [0.05, 0.1) is 0 Å². The molecule has 2 nitrogen and oxygen atoms in total. The average Bonchev–Trinajstić information content (AvgIpc) is 2.03. The first-order chi connectivity index (χ1) is 5.68. The van der Waals surface area contributed by atoms with Gasteiger partial charge in [0.15, 0.2) is 0 Å². The number of hydrogen-bond acceptors (Lipinski definition) is 2. The van der Waals surface area contributed by atoms with Gasteiger partial charge < -0.3 is 5.11 Å². The molecule has 1 aromatic rings. The Bertz CT molecular complexity index is 266. The monoisotopic (exact) mass is 184 g/mol. The zero-order chi connectivity index (χ0) is 8.97. The van der Waals surface area contributed by atoms with Gasteiger partial charge >= 0.3 is 0 Å². The lowest BCUT2D eigenvalue weighted by atomic mass is 10.1. The Morgan fingerprint density at radius 3 is 2.42 bits per heavy atom. The average molecular weight is 185 g/mol. The van der Waals surface area contributed by atoms with E-state index < -0.39 is 0 Å². The molecule has 0 aromatic heterocycles. The number of aryl methyl sites for hydroxylation is 1. The minimum atomic E-state index is -0.330. The summed E-state index contributed by atoms with van der Waals surface area (Å²) in [4.78, 5) is 10.4. The van der Waals surface area contributed by atoms with Crippen LogP contribution in [0.5, 0.6) is 5.75 Å². The number of carbonyl (C=O) groups is 1. The van der Waals surface area contributed by atoms with E-state index >= 15 is 0 Å². The molecule has 1 N–H and O–H groups in total. The summed E-state index contributed by atoms with van der Waals surface area (Å²) in [5, 5.41) is 8.61. The quantitative estimate of drug-likeness (QED) is 0.731. The highest BCUT2D eigenvalue weighted by Crippen LogP contribution is 2.11. The molecule has 0 spiro atoms. The maximum absolute atomic E-state index is 10.4. The third-order valence-electron chi connectivity index (χ3n) is 1.55. The number of carbonyl (C=O) groups excluding carboxylic acids is 1. The van der Waals surface area contributed by atoms with Crippen LogP contribution < -0.4 is 0 Å². The van der Waals surface area contributed by atoms with Gasteiger partial charge in [0, 0.05) is 6.42 Å². The van der Waals surface area contributed by atoms with Crippen LogP contribution in [-0.2, 0) is 11.2 Å². The molecule has 0 bridgehead atoms. The van der Waals surface area contributed by atoms with E-state index in [1.165, 1.54) is 0 Å². The van der Waals surface area contributed by atoms with Crippen molar-refractivity contribution in [2.24, 2.45) is 0 Å². The van der Waals surface area contributed by atoms with E-state index in [1.807, 2.05) is 0 Å².